The Bertz CT molecular complexity index is 873. The maximum absolute atomic E-state index is 5.97. The van der Waals surface area contributed by atoms with Gasteiger partial charge in [0.15, 0.2) is 9.66 Å². The highest BCUT2D eigenvalue weighted by atomic mass is 35.5. The molecule has 22 heavy (non-hydrogen) atoms. The van der Waals surface area contributed by atoms with Gasteiger partial charge in [-0.2, -0.15) is 0 Å². The molecule has 4 aromatic rings. The molecule has 4 heterocycles. The summed E-state index contributed by atoms with van der Waals surface area (Å²) in [5.41, 5.74) is 1.79. The van der Waals surface area contributed by atoms with Gasteiger partial charge in [0, 0.05) is 35.9 Å². The van der Waals surface area contributed by atoms with E-state index >= 15 is 0 Å². The van der Waals surface area contributed by atoms with E-state index in [1.165, 1.54) is 22.7 Å². The predicted molar refractivity (Wildman–Crippen MR) is 91.8 cm³/mol. The van der Waals surface area contributed by atoms with Gasteiger partial charge in [-0.3, -0.25) is 9.97 Å². The van der Waals surface area contributed by atoms with Crippen LogP contribution in [0, 0.1) is 0 Å². The lowest BCUT2D eigenvalue weighted by atomic mass is 10.3. The standard InChI is InChI=1S/C14H6Cl2N4S2/c15-9-1-7(3-17-5-9)11-19-13-14(21-11)20-12(22-13)8-2-10(16)6-18-4-8/h1-6H. The second kappa shape index (κ2) is 5.55. The normalized spacial score (nSPS) is 11.2. The molecule has 0 aliphatic rings. The molecule has 0 amide bonds. The summed E-state index contributed by atoms with van der Waals surface area (Å²) < 4.78 is 0. The molecule has 0 aliphatic carbocycles. The number of hydrogen-bond acceptors (Lipinski definition) is 6. The van der Waals surface area contributed by atoms with Crippen LogP contribution >= 0.6 is 45.9 Å². The Labute approximate surface area is 143 Å². The molecule has 108 valence electrons. The Morgan fingerprint density at radius 2 is 1.14 bits per heavy atom. The minimum absolute atomic E-state index is 0.592. The third-order valence-corrected chi connectivity index (χ3v) is 5.42. The van der Waals surface area contributed by atoms with Crippen molar-refractivity contribution in [2.24, 2.45) is 0 Å². The summed E-state index contributed by atoms with van der Waals surface area (Å²) in [5.74, 6) is 0. The maximum Gasteiger partial charge on any atom is 0.155 e. The number of fused-ring (bicyclic) bond motifs is 1. The molecule has 0 aliphatic heterocycles. The highest BCUT2D eigenvalue weighted by molar-refractivity contribution is 7.29. The average Bonchev–Trinajstić information content (AvgIpc) is 3.05. The van der Waals surface area contributed by atoms with E-state index < -0.39 is 0 Å². The van der Waals surface area contributed by atoms with Gasteiger partial charge in [0.25, 0.3) is 0 Å². The summed E-state index contributed by atoms with van der Waals surface area (Å²) in [4.78, 5) is 19.2. The number of aromatic nitrogens is 4. The van der Waals surface area contributed by atoms with E-state index in [4.69, 9.17) is 23.2 Å². The molecule has 4 nitrogen and oxygen atoms in total. The molecule has 0 bridgehead atoms. The molecular weight excluding hydrogens is 359 g/mol. The lowest BCUT2D eigenvalue weighted by Gasteiger charge is -1.96. The largest absolute Gasteiger partial charge is 0.262 e. The number of thiazole rings is 2. The van der Waals surface area contributed by atoms with Crippen molar-refractivity contribution >= 4 is 55.5 Å². The van der Waals surface area contributed by atoms with Gasteiger partial charge in [-0.25, -0.2) is 9.97 Å². The zero-order valence-electron chi connectivity index (χ0n) is 10.8. The summed E-state index contributed by atoms with van der Waals surface area (Å²) in [6.45, 7) is 0. The smallest absolute Gasteiger partial charge is 0.155 e. The Morgan fingerprint density at radius 3 is 1.55 bits per heavy atom. The Balaban J connectivity index is 1.77. The first kappa shape index (κ1) is 14.0. The second-order valence-electron chi connectivity index (χ2n) is 4.43. The van der Waals surface area contributed by atoms with Crippen molar-refractivity contribution in [3.05, 3.63) is 47.0 Å². The molecule has 0 aromatic carbocycles. The summed E-state index contributed by atoms with van der Waals surface area (Å²) in [7, 11) is 0. The van der Waals surface area contributed by atoms with Crippen LogP contribution in [0.4, 0.5) is 0 Å². The lowest BCUT2D eigenvalue weighted by molar-refractivity contribution is 1.32. The molecule has 4 aromatic heterocycles. The molecule has 8 heteroatoms. The van der Waals surface area contributed by atoms with E-state index in [1.54, 1.807) is 24.8 Å². The minimum Gasteiger partial charge on any atom is -0.262 e. The summed E-state index contributed by atoms with van der Waals surface area (Å²) >= 11 is 15.0. The van der Waals surface area contributed by atoms with E-state index in [1.807, 2.05) is 12.1 Å². The second-order valence-corrected chi connectivity index (χ2v) is 7.26. The molecule has 0 radical (unpaired) electrons. The number of halogens is 2. The molecule has 0 atom stereocenters. The molecule has 4 rings (SSSR count). The van der Waals surface area contributed by atoms with Crippen LogP contribution in [0.15, 0.2) is 36.9 Å². The zero-order chi connectivity index (χ0) is 15.1. The van der Waals surface area contributed by atoms with Crippen LogP contribution in [-0.2, 0) is 0 Å². The van der Waals surface area contributed by atoms with Crippen LogP contribution in [0.2, 0.25) is 10.0 Å². The molecule has 0 N–H and O–H groups in total. The first-order chi connectivity index (χ1) is 10.7. The first-order valence-electron chi connectivity index (χ1n) is 6.18. The molecular formula is C14H6Cl2N4S2. The first-order valence-corrected chi connectivity index (χ1v) is 8.57. The van der Waals surface area contributed by atoms with Crippen molar-refractivity contribution in [3.8, 4) is 21.1 Å². The number of pyridine rings is 2. The number of hydrogen-bond donors (Lipinski definition) is 0. The highest BCUT2D eigenvalue weighted by Gasteiger charge is 2.13. The summed E-state index contributed by atoms with van der Waals surface area (Å²) in [6, 6.07) is 3.69. The fourth-order valence-electron chi connectivity index (χ4n) is 1.95. The van der Waals surface area contributed by atoms with Crippen molar-refractivity contribution in [1.82, 2.24) is 19.9 Å². The van der Waals surface area contributed by atoms with Gasteiger partial charge >= 0.3 is 0 Å². The summed E-state index contributed by atoms with van der Waals surface area (Å²) in [6.07, 6.45) is 6.69. The van der Waals surface area contributed by atoms with Crippen molar-refractivity contribution in [1.29, 1.82) is 0 Å². The number of rotatable bonds is 2. The van der Waals surface area contributed by atoms with Crippen molar-refractivity contribution in [2.75, 3.05) is 0 Å². The quantitative estimate of drug-likeness (QED) is 0.491. The zero-order valence-corrected chi connectivity index (χ0v) is 14.0. The van der Waals surface area contributed by atoms with Gasteiger partial charge in [-0.1, -0.05) is 45.9 Å². The van der Waals surface area contributed by atoms with Crippen LogP contribution < -0.4 is 0 Å². The fourth-order valence-corrected chi connectivity index (χ4v) is 4.30. The van der Waals surface area contributed by atoms with Gasteiger partial charge in [-0.15, -0.1) is 0 Å². The van der Waals surface area contributed by atoms with E-state index in [2.05, 4.69) is 19.9 Å². The highest BCUT2D eigenvalue weighted by Crippen LogP contribution is 2.36. The van der Waals surface area contributed by atoms with Crippen LogP contribution in [0.3, 0.4) is 0 Å². The fraction of sp³-hybridized carbons (Fsp3) is 0. The van der Waals surface area contributed by atoms with Crippen LogP contribution in [0.5, 0.6) is 0 Å². The summed E-state index contributed by atoms with van der Waals surface area (Å²) in [5, 5.41) is 2.91. The van der Waals surface area contributed by atoms with E-state index in [0.717, 1.165) is 30.8 Å². The third kappa shape index (κ3) is 2.59. The monoisotopic (exact) mass is 364 g/mol. The van der Waals surface area contributed by atoms with Crippen LogP contribution in [-0.4, -0.2) is 19.9 Å². The lowest BCUT2D eigenvalue weighted by Crippen LogP contribution is -1.79. The maximum atomic E-state index is 5.97. The van der Waals surface area contributed by atoms with Gasteiger partial charge in [0.1, 0.15) is 10.0 Å². The Kier molecular flexibility index (Phi) is 3.54. The van der Waals surface area contributed by atoms with Gasteiger partial charge in [0.2, 0.25) is 0 Å². The van der Waals surface area contributed by atoms with Gasteiger partial charge < -0.3 is 0 Å². The van der Waals surface area contributed by atoms with E-state index in [9.17, 15) is 0 Å². The topological polar surface area (TPSA) is 51.6 Å². The van der Waals surface area contributed by atoms with Crippen LogP contribution in [0.25, 0.3) is 30.8 Å². The van der Waals surface area contributed by atoms with Crippen molar-refractivity contribution in [3.63, 3.8) is 0 Å². The average molecular weight is 365 g/mol. The van der Waals surface area contributed by atoms with Gasteiger partial charge in [-0.05, 0) is 12.1 Å². The predicted octanol–water partition coefficient (Wildman–Crippen LogP) is 5.18. The van der Waals surface area contributed by atoms with Crippen molar-refractivity contribution < 1.29 is 0 Å². The van der Waals surface area contributed by atoms with Gasteiger partial charge in [0.05, 0.1) is 10.0 Å². The molecule has 0 unspecified atom stereocenters. The van der Waals surface area contributed by atoms with Crippen molar-refractivity contribution in [2.45, 2.75) is 0 Å². The molecule has 0 saturated heterocycles. The minimum atomic E-state index is 0.592. The van der Waals surface area contributed by atoms with E-state index in [-0.39, 0.29) is 0 Å². The molecule has 0 spiro atoms. The molecule has 0 saturated carbocycles. The Hall–Kier alpha value is -1.60. The number of nitrogens with zero attached hydrogens (tertiary/aromatic N) is 4. The molecule has 0 fully saturated rings. The SMILES string of the molecule is Clc1cncc(-c2nc3sc(-c4cncc(Cl)c4)nc3s2)c1. The Morgan fingerprint density at radius 1 is 0.682 bits per heavy atom. The third-order valence-electron chi connectivity index (χ3n) is 2.88. The van der Waals surface area contributed by atoms with E-state index in [0.29, 0.717) is 10.0 Å². The van der Waals surface area contributed by atoms with Crippen LogP contribution in [0.1, 0.15) is 0 Å².